The Balaban J connectivity index is 5.58. The second-order valence-corrected chi connectivity index (χ2v) is 28.0. The summed E-state index contributed by atoms with van der Waals surface area (Å²) in [6, 6.07) is 0. The maximum atomic E-state index is 13.1. The van der Waals surface area contributed by atoms with E-state index in [0.29, 0.717) is 32.1 Å². The molecule has 0 amide bonds. The van der Waals surface area contributed by atoms with Crippen LogP contribution in [0.4, 0.5) is 0 Å². The largest absolute Gasteiger partial charge is 0.472 e. The Bertz CT molecular complexity index is 2960. The molecule has 108 heavy (non-hydrogen) atoms. The van der Waals surface area contributed by atoms with Gasteiger partial charge in [0.1, 0.15) is 19.3 Å². The first-order valence-corrected chi connectivity index (χ1v) is 42.6. The van der Waals surface area contributed by atoms with Gasteiger partial charge >= 0.3 is 39.5 Å². The van der Waals surface area contributed by atoms with Gasteiger partial charge in [-0.25, -0.2) is 9.13 Å². The van der Waals surface area contributed by atoms with Crippen molar-refractivity contribution in [3.63, 3.8) is 0 Å². The lowest BCUT2D eigenvalue weighted by atomic mass is 10.1. The molecule has 5 atom stereocenters. The molecule has 0 aromatic heterocycles. The molecular weight excluding hydrogens is 1400 g/mol. The number of esters is 4. The first kappa shape index (κ1) is 101. The van der Waals surface area contributed by atoms with Crippen molar-refractivity contribution in [2.75, 3.05) is 39.6 Å². The summed E-state index contributed by atoms with van der Waals surface area (Å²) in [7, 11) is -10.1. The Morgan fingerprint density at radius 3 is 0.824 bits per heavy atom. The number of phosphoric ester groups is 2. The van der Waals surface area contributed by atoms with Crippen LogP contribution in [0.3, 0.4) is 0 Å². The lowest BCUT2D eigenvalue weighted by Crippen LogP contribution is -2.30. The average molecular weight is 1540 g/mol. The molecule has 5 unspecified atom stereocenters. The summed E-state index contributed by atoms with van der Waals surface area (Å²) in [5.74, 6) is -2.51. The summed E-state index contributed by atoms with van der Waals surface area (Å²) in [6.45, 7) is 4.11. The highest BCUT2D eigenvalue weighted by atomic mass is 31.2. The van der Waals surface area contributed by atoms with Gasteiger partial charge in [0, 0.05) is 19.3 Å². The van der Waals surface area contributed by atoms with Crippen LogP contribution in [0.15, 0.2) is 231 Å². The highest BCUT2D eigenvalue weighted by molar-refractivity contribution is 7.47. The number of allylic oxidation sites excluding steroid dienone is 37. The predicted octanol–water partition coefficient (Wildman–Crippen LogP) is 23.4. The summed E-state index contributed by atoms with van der Waals surface area (Å²) >= 11 is 0. The molecule has 0 rings (SSSR count). The van der Waals surface area contributed by atoms with Crippen molar-refractivity contribution >= 4 is 39.5 Å². The van der Waals surface area contributed by atoms with Gasteiger partial charge < -0.3 is 33.8 Å². The van der Waals surface area contributed by atoms with E-state index in [1.54, 1.807) is 12.2 Å². The van der Waals surface area contributed by atoms with Gasteiger partial charge in [0.2, 0.25) is 0 Å². The van der Waals surface area contributed by atoms with Crippen LogP contribution in [0.25, 0.3) is 0 Å². The molecule has 0 aliphatic rings. The Hall–Kier alpha value is -6.88. The van der Waals surface area contributed by atoms with E-state index in [0.717, 1.165) is 161 Å². The van der Waals surface area contributed by atoms with Gasteiger partial charge in [0.05, 0.1) is 32.8 Å². The first-order valence-electron chi connectivity index (χ1n) is 39.6. The molecule has 0 aromatic carbocycles. The maximum absolute atomic E-state index is 13.1. The van der Waals surface area contributed by atoms with Gasteiger partial charge in [-0.15, -0.1) is 0 Å². The Morgan fingerprint density at radius 1 is 0.269 bits per heavy atom. The van der Waals surface area contributed by atoms with Crippen LogP contribution in [0, 0.1) is 0 Å². The van der Waals surface area contributed by atoms with Gasteiger partial charge in [-0.3, -0.25) is 37.3 Å². The van der Waals surface area contributed by atoms with E-state index in [9.17, 15) is 43.2 Å². The Kier molecular flexibility index (Phi) is 73.3. The highest BCUT2D eigenvalue weighted by Gasteiger charge is 2.30. The number of rotatable bonds is 71. The molecule has 0 spiro atoms. The number of carbonyl (C=O) groups is 4. The average Bonchev–Trinajstić information content (AvgIpc) is 0.906. The molecule has 17 nitrogen and oxygen atoms in total. The molecule has 0 radical (unpaired) electrons. The number of phosphoric acid groups is 2. The fourth-order valence-electron chi connectivity index (χ4n) is 9.30. The number of hydrogen-bond donors (Lipinski definition) is 3. The van der Waals surface area contributed by atoms with E-state index >= 15 is 0 Å². The fraction of sp³-hybridized carbons (Fsp3) is 0.528. The van der Waals surface area contributed by atoms with Crippen molar-refractivity contribution in [3.05, 3.63) is 231 Å². The number of ether oxygens (including phenoxy) is 4. The Morgan fingerprint density at radius 2 is 0.509 bits per heavy atom. The molecule has 0 aromatic rings. The second kappa shape index (κ2) is 78.2. The number of aliphatic hydroxyl groups is 1. The Labute approximate surface area is 651 Å². The van der Waals surface area contributed by atoms with Gasteiger partial charge in [-0.2, -0.15) is 0 Å². The van der Waals surface area contributed by atoms with Crippen molar-refractivity contribution < 1.29 is 80.2 Å². The number of carbonyl (C=O) groups excluding carboxylic acids is 4. The summed E-state index contributed by atoms with van der Waals surface area (Å²) in [5, 5.41) is 10.6. The molecule has 3 N–H and O–H groups in total. The van der Waals surface area contributed by atoms with Crippen molar-refractivity contribution in [3.8, 4) is 0 Å². The summed E-state index contributed by atoms with van der Waals surface area (Å²) < 4.78 is 68.3. The SMILES string of the molecule is CC/C=C\C/C=C\C/C=C\C/C=C\C/C=C\C/C=C\CCC(=O)OCC(COP(=O)(O)OCC(O)COP(=O)(O)OCC(COC(=O)CCCCCC/C=C\C/C=C\C/C=C\C/C=C\CC)OC(=O)C/C=C\C/C=C\C/C=C\C/C=C\C/C=C\CC)OC(=O)CCCCCC/C=C\C/C=C\C/C=C\C/C=C\CC. The van der Waals surface area contributed by atoms with Crippen LogP contribution in [0.2, 0.25) is 0 Å². The molecule has 0 fully saturated rings. The first-order chi connectivity index (χ1) is 52.7. The van der Waals surface area contributed by atoms with Crippen molar-refractivity contribution in [1.29, 1.82) is 0 Å². The number of hydrogen-bond acceptors (Lipinski definition) is 15. The number of unbranched alkanes of at least 4 members (excludes halogenated alkanes) is 8. The molecule has 0 aliphatic carbocycles. The molecular formula is C89H136O17P2. The number of aliphatic hydroxyl groups excluding tert-OH is 1. The van der Waals surface area contributed by atoms with Gasteiger partial charge in [0.15, 0.2) is 12.2 Å². The zero-order valence-electron chi connectivity index (χ0n) is 65.9. The van der Waals surface area contributed by atoms with Crippen molar-refractivity contribution in [2.45, 2.75) is 264 Å². The van der Waals surface area contributed by atoms with Gasteiger partial charge in [0.25, 0.3) is 0 Å². The maximum Gasteiger partial charge on any atom is 0.472 e. The summed E-state index contributed by atoms with van der Waals surface area (Å²) in [5.41, 5.74) is 0. The zero-order valence-corrected chi connectivity index (χ0v) is 67.7. The van der Waals surface area contributed by atoms with Crippen LogP contribution in [-0.2, 0) is 65.4 Å². The third kappa shape index (κ3) is 77.3. The predicted molar refractivity (Wildman–Crippen MR) is 444 cm³/mol. The standard InChI is InChI=1S/C89H136O17P2/c1-5-9-13-17-21-25-29-33-37-40-41-44-47-50-54-58-62-66-70-74-87(92)100-80-85(106-89(94)76-72-68-64-60-56-52-48-43-39-35-31-27-23-19-15-11-7-3)82-104-108(97,98)102-78-83(90)77-101-107(95,96)103-81-84(105-88(93)75-71-67-63-59-55-51-45-36-32-28-24-20-16-12-8-4)79-99-86(91)73-69-65-61-57-53-49-46-42-38-34-30-26-22-18-14-10-6-2/h9-16,21-28,33-39,41,44-46,48-50,52,54-55,59,62,66-67,71,83-85,90H,5-8,17-20,29-32,40,42-43,47,51,53,56-58,60-61,63-65,68-70,72-82H2,1-4H3,(H,95,96)(H,97,98)/b13-9-,14-10-,15-11-,16-12-,25-21-,26-22-,27-23-,28-24-,37-33-,38-34-,39-35-,44-41-,45-36-,49-46-,52-48-,54-50-,59-55-,66-62-,71-67-. The molecule has 0 heterocycles. The van der Waals surface area contributed by atoms with Crippen molar-refractivity contribution in [2.24, 2.45) is 0 Å². The van der Waals surface area contributed by atoms with E-state index in [1.807, 2.05) is 30.4 Å². The van der Waals surface area contributed by atoms with Crippen LogP contribution in [-0.4, -0.2) is 96.7 Å². The molecule has 0 aliphatic heterocycles. The third-order valence-electron chi connectivity index (χ3n) is 15.2. The fourth-order valence-corrected chi connectivity index (χ4v) is 10.9. The van der Waals surface area contributed by atoms with Crippen molar-refractivity contribution in [1.82, 2.24) is 0 Å². The van der Waals surface area contributed by atoms with Gasteiger partial charge in [-0.1, -0.05) is 284 Å². The minimum atomic E-state index is -5.03. The minimum absolute atomic E-state index is 0.0173. The van der Waals surface area contributed by atoms with Crippen LogP contribution < -0.4 is 0 Å². The van der Waals surface area contributed by atoms with Crippen LogP contribution in [0.1, 0.15) is 246 Å². The topological polar surface area (TPSA) is 237 Å². The van der Waals surface area contributed by atoms with Gasteiger partial charge in [-0.05, 0) is 167 Å². The molecule has 604 valence electrons. The van der Waals surface area contributed by atoms with Crippen LogP contribution >= 0.6 is 15.6 Å². The highest BCUT2D eigenvalue weighted by Crippen LogP contribution is 2.45. The third-order valence-corrected chi connectivity index (χ3v) is 17.1. The normalized spacial score (nSPS) is 15.1. The summed E-state index contributed by atoms with van der Waals surface area (Å²) in [4.78, 5) is 73.0. The minimum Gasteiger partial charge on any atom is -0.462 e. The van der Waals surface area contributed by atoms with E-state index in [2.05, 4.69) is 216 Å². The van der Waals surface area contributed by atoms with E-state index in [1.165, 1.54) is 0 Å². The smallest absolute Gasteiger partial charge is 0.462 e. The zero-order chi connectivity index (χ0) is 78.9. The molecule has 0 saturated carbocycles. The molecule has 0 bridgehead atoms. The quantitative estimate of drug-likeness (QED) is 0.0169. The molecule has 0 saturated heterocycles. The summed E-state index contributed by atoms with van der Waals surface area (Å²) in [6.07, 6.45) is 101. The van der Waals surface area contributed by atoms with E-state index in [-0.39, 0.29) is 25.7 Å². The monoisotopic (exact) mass is 1540 g/mol. The lowest BCUT2D eigenvalue weighted by molar-refractivity contribution is -0.161. The van der Waals surface area contributed by atoms with E-state index < -0.39 is 97.5 Å². The molecule has 19 heteroatoms. The van der Waals surface area contributed by atoms with E-state index in [4.69, 9.17) is 37.0 Å². The second-order valence-electron chi connectivity index (χ2n) is 25.1. The lowest BCUT2D eigenvalue weighted by Gasteiger charge is -2.21. The van der Waals surface area contributed by atoms with Crippen LogP contribution in [0.5, 0.6) is 0 Å².